The van der Waals surface area contributed by atoms with E-state index in [-0.39, 0.29) is 23.8 Å². The zero-order valence-electron chi connectivity index (χ0n) is 13.1. The van der Waals surface area contributed by atoms with E-state index < -0.39 is 0 Å². The molecule has 0 radical (unpaired) electrons. The molecule has 23 heavy (non-hydrogen) atoms. The number of halogens is 1. The summed E-state index contributed by atoms with van der Waals surface area (Å²) in [6.45, 7) is 0.665. The van der Waals surface area contributed by atoms with Gasteiger partial charge in [-0.2, -0.15) is 5.10 Å². The fourth-order valence-corrected chi connectivity index (χ4v) is 3.03. The summed E-state index contributed by atoms with van der Waals surface area (Å²) in [5.41, 5.74) is 1.70. The van der Waals surface area contributed by atoms with E-state index in [1.54, 1.807) is 23.0 Å². The highest BCUT2D eigenvalue weighted by Crippen LogP contribution is 2.23. The van der Waals surface area contributed by atoms with Gasteiger partial charge in [-0.1, -0.05) is 18.2 Å². The van der Waals surface area contributed by atoms with E-state index in [2.05, 4.69) is 15.7 Å². The van der Waals surface area contributed by atoms with Crippen molar-refractivity contribution in [3.05, 3.63) is 53.6 Å². The molecule has 0 aliphatic carbocycles. The maximum Gasteiger partial charge on any atom is 0.220 e. The molecule has 5 nitrogen and oxygen atoms in total. The summed E-state index contributed by atoms with van der Waals surface area (Å²) < 4.78 is 15.4. The van der Waals surface area contributed by atoms with Crippen LogP contribution in [0, 0.1) is 5.82 Å². The summed E-state index contributed by atoms with van der Waals surface area (Å²) in [5.74, 6) is -0.110. The first-order valence-electron chi connectivity index (χ1n) is 7.88. The Morgan fingerprint density at radius 2 is 2.26 bits per heavy atom. The SMILES string of the molecule is Cn1cc([C@@H]2NC(=O)CC[C@H]2NCCc2ccccc2F)cn1. The molecule has 1 amide bonds. The summed E-state index contributed by atoms with van der Waals surface area (Å²) in [6, 6.07) is 6.86. The van der Waals surface area contributed by atoms with E-state index in [0.29, 0.717) is 24.9 Å². The lowest BCUT2D eigenvalue weighted by Crippen LogP contribution is -2.48. The number of rotatable bonds is 5. The average Bonchev–Trinajstić information content (AvgIpc) is 2.97. The predicted octanol–water partition coefficient (Wildman–Crippen LogP) is 1.71. The van der Waals surface area contributed by atoms with Crippen molar-refractivity contribution in [2.75, 3.05) is 6.54 Å². The number of nitrogens with one attached hydrogen (secondary N) is 2. The number of nitrogens with zero attached hydrogens (tertiary/aromatic N) is 2. The van der Waals surface area contributed by atoms with E-state index in [1.807, 2.05) is 19.3 Å². The molecule has 0 spiro atoms. The highest BCUT2D eigenvalue weighted by Gasteiger charge is 2.30. The number of carbonyl (C=O) groups is 1. The van der Waals surface area contributed by atoms with E-state index in [1.165, 1.54) is 6.07 Å². The van der Waals surface area contributed by atoms with Gasteiger partial charge in [-0.25, -0.2) is 4.39 Å². The average molecular weight is 316 g/mol. The topological polar surface area (TPSA) is 59.0 Å². The van der Waals surface area contributed by atoms with Gasteiger partial charge in [0.2, 0.25) is 5.91 Å². The van der Waals surface area contributed by atoms with Crippen LogP contribution in [-0.4, -0.2) is 28.3 Å². The first kappa shape index (κ1) is 15.7. The van der Waals surface area contributed by atoms with Crippen LogP contribution in [0.4, 0.5) is 4.39 Å². The first-order valence-corrected chi connectivity index (χ1v) is 7.88. The summed E-state index contributed by atoms with van der Waals surface area (Å²) in [5, 5.41) is 10.7. The minimum Gasteiger partial charge on any atom is -0.348 e. The van der Waals surface area contributed by atoms with Gasteiger partial charge in [0.1, 0.15) is 5.82 Å². The van der Waals surface area contributed by atoms with Gasteiger partial charge in [-0.15, -0.1) is 0 Å². The van der Waals surface area contributed by atoms with Crippen molar-refractivity contribution >= 4 is 5.91 Å². The van der Waals surface area contributed by atoms with Gasteiger partial charge in [0.05, 0.1) is 12.2 Å². The zero-order valence-corrected chi connectivity index (χ0v) is 13.1. The Morgan fingerprint density at radius 1 is 1.43 bits per heavy atom. The minimum absolute atomic E-state index is 0.0611. The van der Waals surface area contributed by atoms with Crippen LogP contribution >= 0.6 is 0 Å². The molecule has 2 heterocycles. The molecule has 122 valence electrons. The number of hydrogen-bond donors (Lipinski definition) is 2. The van der Waals surface area contributed by atoms with E-state index >= 15 is 0 Å². The van der Waals surface area contributed by atoms with E-state index in [9.17, 15) is 9.18 Å². The Morgan fingerprint density at radius 3 is 3.00 bits per heavy atom. The van der Waals surface area contributed by atoms with Gasteiger partial charge in [-0.3, -0.25) is 9.48 Å². The molecule has 2 N–H and O–H groups in total. The molecule has 1 aromatic carbocycles. The molecule has 1 aliphatic heterocycles. The van der Waals surface area contributed by atoms with Crippen LogP contribution < -0.4 is 10.6 Å². The lowest BCUT2D eigenvalue weighted by atomic mass is 9.93. The van der Waals surface area contributed by atoms with Crippen LogP contribution in [0.25, 0.3) is 0 Å². The predicted molar refractivity (Wildman–Crippen MR) is 85.2 cm³/mol. The molecule has 0 unspecified atom stereocenters. The third-order valence-electron chi connectivity index (χ3n) is 4.24. The minimum atomic E-state index is -0.171. The molecule has 1 fully saturated rings. The Bertz CT molecular complexity index is 685. The lowest BCUT2D eigenvalue weighted by molar-refractivity contribution is -0.123. The number of aryl methyl sites for hydroxylation is 1. The summed E-state index contributed by atoms with van der Waals surface area (Å²) in [4.78, 5) is 11.7. The molecule has 0 bridgehead atoms. The number of piperidine rings is 1. The lowest BCUT2D eigenvalue weighted by Gasteiger charge is -2.32. The number of benzene rings is 1. The highest BCUT2D eigenvalue weighted by atomic mass is 19.1. The Kier molecular flexibility index (Phi) is 4.71. The largest absolute Gasteiger partial charge is 0.348 e. The normalized spacial score (nSPS) is 21.2. The van der Waals surface area contributed by atoms with Crippen LogP contribution in [0.1, 0.15) is 30.0 Å². The Balaban J connectivity index is 1.63. The first-order chi connectivity index (χ1) is 11.1. The van der Waals surface area contributed by atoms with E-state index in [4.69, 9.17) is 0 Å². The molecule has 1 saturated heterocycles. The summed E-state index contributed by atoms with van der Waals surface area (Å²) in [7, 11) is 1.86. The second-order valence-corrected chi connectivity index (χ2v) is 5.93. The Labute approximate surface area is 134 Å². The third kappa shape index (κ3) is 3.76. The van der Waals surface area contributed by atoms with Crippen molar-refractivity contribution in [3.63, 3.8) is 0 Å². The number of hydrogen-bond acceptors (Lipinski definition) is 3. The molecule has 2 aromatic rings. The molecule has 6 heteroatoms. The van der Waals surface area contributed by atoms with Gasteiger partial charge in [0.25, 0.3) is 0 Å². The van der Waals surface area contributed by atoms with Crippen LogP contribution in [0.15, 0.2) is 36.7 Å². The van der Waals surface area contributed by atoms with Crippen LogP contribution in [0.5, 0.6) is 0 Å². The van der Waals surface area contributed by atoms with Crippen molar-refractivity contribution in [2.45, 2.75) is 31.3 Å². The number of carbonyl (C=O) groups excluding carboxylic acids is 1. The Hall–Kier alpha value is -2.21. The summed E-state index contributed by atoms with van der Waals surface area (Å²) in [6.07, 6.45) is 5.59. The summed E-state index contributed by atoms with van der Waals surface area (Å²) >= 11 is 0. The maximum atomic E-state index is 13.7. The molecular formula is C17H21FN4O. The van der Waals surface area contributed by atoms with Crippen molar-refractivity contribution < 1.29 is 9.18 Å². The monoisotopic (exact) mass is 316 g/mol. The van der Waals surface area contributed by atoms with Gasteiger partial charge < -0.3 is 10.6 Å². The van der Waals surface area contributed by atoms with E-state index in [0.717, 1.165) is 12.0 Å². The fraction of sp³-hybridized carbons (Fsp3) is 0.412. The fourth-order valence-electron chi connectivity index (χ4n) is 3.03. The molecule has 0 saturated carbocycles. The van der Waals surface area contributed by atoms with Crippen LogP contribution in [0.2, 0.25) is 0 Å². The number of aromatic nitrogens is 2. The van der Waals surface area contributed by atoms with Gasteiger partial charge in [-0.05, 0) is 31.0 Å². The molecule has 1 aliphatic rings. The van der Waals surface area contributed by atoms with Crippen molar-refractivity contribution in [1.29, 1.82) is 0 Å². The van der Waals surface area contributed by atoms with Gasteiger partial charge >= 0.3 is 0 Å². The van der Waals surface area contributed by atoms with Crippen molar-refractivity contribution in [1.82, 2.24) is 20.4 Å². The molecule has 2 atom stereocenters. The second kappa shape index (κ2) is 6.91. The molecular weight excluding hydrogens is 295 g/mol. The number of amides is 1. The molecule has 1 aromatic heterocycles. The smallest absolute Gasteiger partial charge is 0.220 e. The standard InChI is InChI=1S/C17H21FN4O/c1-22-11-13(10-20-22)17-15(6-7-16(23)21-17)19-9-8-12-4-2-3-5-14(12)18/h2-5,10-11,15,17,19H,6-9H2,1H3,(H,21,23)/t15-,17+/m1/s1. The van der Waals surface area contributed by atoms with Crippen molar-refractivity contribution in [2.24, 2.45) is 7.05 Å². The van der Waals surface area contributed by atoms with Gasteiger partial charge in [0, 0.05) is 31.3 Å². The maximum absolute atomic E-state index is 13.7. The van der Waals surface area contributed by atoms with Crippen LogP contribution in [-0.2, 0) is 18.3 Å². The quantitative estimate of drug-likeness (QED) is 0.883. The zero-order chi connectivity index (χ0) is 16.2. The third-order valence-corrected chi connectivity index (χ3v) is 4.24. The van der Waals surface area contributed by atoms with Crippen molar-refractivity contribution in [3.8, 4) is 0 Å². The molecule has 3 rings (SSSR count). The van der Waals surface area contributed by atoms with Gasteiger partial charge in [0.15, 0.2) is 0 Å². The van der Waals surface area contributed by atoms with Crippen LogP contribution in [0.3, 0.4) is 0 Å². The highest BCUT2D eigenvalue weighted by molar-refractivity contribution is 5.77. The second-order valence-electron chi connectivity index (χ2n) is 5.93.